The van der Waals surface area contributed by atoms with Crippen molar-refractivity contribution in [2.75, 3.05) is 5.32 Å². The van der Waals surface area contributed by atoms with Gasteiger partial charge in [-0.2, -0.15) is 5.26 Å². The van der Waals surface area contributed by atoms with Gasteiger partial charge in [0.25, 0.3) is 0 Å². The van der Waals surface area contributed by atoms with Gasteiger partial charge in [-0.05, 0) is 18.2 Å². The van der Waals surface area contributed by atoms with Gasteiger partial charge in [0.1, 0.15) is 0 Å². The third kappa shape index (κ3) is 2.35. The molecule has 0 spiro atoms. The van der Waals surface area contributed by atoms with Crippen LogP contribution in [0.3, 0.4) is 0 Å². The summed E-state index contributed by atoms with van der Waals surface area (Å²) in [6.45, 7) is 0. The summed E-state index contributed by atoms with van der Waals surface area (Å²) in [7, 11) is 0. The monoisotopic (exact) mass is 274 g/mol. The summed E-state index contributed by atoms with van der Waals surface area (Å²) >= 11 is 3.37. The second-order valence-corrected chi connectivity index (χ2v) is 3.92. The molecule has 0 radical (unpaired) electrons. The molecule has 0 aliphatic rings. The Hall–Kier alpha value is -1.93. The summed E-state index contributed by atoms with van der Waals surface area (Å²) in [6.07, 6.45) is 3.40. The van der Waals surface area contributed by atoms with Crippen molar-refractivity contribution in [2.24, 2.45) is 0 Å². The highest BCUT2D eigenvalue weighted by atomic mass is 79.9. The highest BCUT2D eigenvalue weighted by Crippen LogP contribution is 2.20. The fourth-order valence-electron chi connectivity index (χ4n) is 1.25. The minimum atomic E-state index is 0.308. The van der Waals surface area contributed by atoms with Crippen LogP contribution in [0.5, 0.6) is 0 Å². The zero-order chi connectivity index (χ0) is 11.4. The Labute approximate surface area is 101 Å². The van der Waals surface area contributed by atoms with Crippen LogP contribution >= 0.6 is 15.9 Å². The summed E-state index contributed by atoms with van der Waals surface area (Å²) in [4.78, 5) is 8.12. The molecule has 0 fully saturated rings. The van der Waals surface area contributed by atoms with E-state index in [2.05, 4.69) is 31.2 Å². The topological polar surface area (TPSA) is 61.6 Å². The normalized spacial score (nSPS) is 9.50. The largest absolute Gasteiger partial charge is 0.261 e. The molecule has 0 bridgehead atoms. The Balaban J connectivity index is 2.37. The Morgan fingerprint density at radius 3 is 2.62 bits per heavy atom. The Bertz CT molecular complexity index is 530. The minimum absolute atomic E-state index is 0.308. The number of aromatic nitrogens is 2. The zero-order valence-corrected chi connectivity index (χ0v) is 9.77. The Kier molecular flexibility index (Phi) is 3.13. The number of halogens is 1. The molecule has 1 aromatic carbocycles. The average Bonchev–Trinajstić information content (AvgIpc) is 2.31. The van der Waals surface area contributed by atoms with Gasteiger partial charge in [-0.25, -0.2) is 9.97 Å². The summed E-state index contributed by atoms with van der Waals surface area (Å²) < 4.78 is 1.01. The molecular weight excluding hydrogens is 268 g/mol. The SMILES string of the molecule is N#CNc1nccc(-c2ccc(Br)cc2)n1. The third-order valence-electron chi connectivity index (χ3n) is 1.96. The molecule has 0 amide bonds. The predicted octanol–water partition coefficient (Wildman–Crippen LogP) is 2.80. The lowest BCUT2D eigenvalue weighted by Crippen LogP contribution is -1.96. The molecule has 1 N–H and O–H groups in total. The first-order valence-electron chi connectivity index (χ1n) is 4.53. The highest BCUT2D eigenvalue weighted by Gasteiger charge is 2.01. The average molecular weight is 275 g/mol. The molecular formula is C11H7BrN4. The first-order valence-corrected chi connectivity index (χ1v) is 5.33. The van der Waals surface area contributed by atoms with Crippen LogP contribution in [0.2, 0.25) is 0 Å². The summed E-state index contributed by atoms with van der Waals surface area (Å²) in [6, 6.07) is 9.57. The van der Waals surface area contributed by atoms with E-state index >= 15 is 0 Å². The van der Waals surface area contributed by atoms with E-state index < -0.39 is 0 Å². The van der Waals surface area contributed by atoms with E-state index in [-0.39, 0.29) is 0 Å². The molecule has 2 rings (SSSR count). The highest BCUT2D eigenvalue weighted by molar-refractivity contribution is 9.10. The van der Waals surface area contributed by atoms with Crippen molar-refractivity contribution < 1.29 is 0 Å². The number of nitriles is 1. The van der Waals surface area contributed by atoms with E-state index in [1.165, 1.54) is 0 Å². The first-order chi connectivity index (χ1) is 7.79. The third-order valence-corrected chi connectivity index (χ3v) is 2.49. The van der Waals surface area contributed by atoms with Crippen LogP contribution in [0, 0.1) is 11.5 Å². The van der Waals surface area contributed by atoms with Gasteiger partial charge in [-0.1, -0.05) is 28.1 Å². The van der Waals surface area contributed by atoms with Crippen LogP contribution in [0.15, 0.2) is 41.0 Å². The second-order valence-electron chi connectivity index (χ2n) is 3.01. The number of rotatable bonds is 2. The van der Waals surface area contributed by atoms with E-state index in [1.54, 1.807) is 18.5 Å². The van der Waals surface area contributed by atoms with Gasteiger partial charge in [0.2, 0.25) is 5.95 Å². The van der Waals surface area contributed by atoms with Crippen LogP contribution in [0.1, 0.15) is 0 Å². The lowest BCUT2D eigenvalue weighted by atomic mass is 10.1. The molecule has 2 aromatic rings. The first kappa shape index (κ1) is 10.6. The second kappa shape index (κ2) is 4.73. The number of nitrogens with one attached hydrogen (secondary N) is 1. The molecule has 0 saturated carbocycles. The summed E-state index contributed by atoms with van der Waals surface area (Å²) in [5.74, 6) is 0.308. The van der Waals surface area contributed by atoms with Gasteiger partial charge in [0.15, 0.2) is 6.19 Å². The van der Waals surface area contributed by atoms with Crippen molar-refractivity contribution in [3.05, 3.63) is 41.0 Å². The molecule has 4 nitrogen and oxygen atoms in total. The van der Waals surface area contributed by atoms with Crippen molar-refractivity contribution in [1.82, 2.24) is 9.97 Å². The number of anilines is 1. The van der Waals surface area contributed by atoms with Gasteiger partial charge in [-0.15, -0.1) is 0 Å². The van der Waals surface area contributed by atoms with Crippen molar-refractivity contribution in [2.45, 2.75) is 0 Å². The van der Waals surface area contributed by atoms with Crippen LogP contribution in [-0.2, 0) is 0 Å². The van der Waals surface area contributed by atoms with Crippen molar-refractivity contribution in [1.29, 1.82) is 5.26 Å². The molecule has 5 heteroatoms. The van der Waals surface area contributed by atoms with E-state index in [0.717, 1.165) is 15.7 Å². The maximum absolute atomic E-state index is 8.47. The molecule has 0 aliphatic heterocycles. The molecule has 0 atom stereocenters. The quantitative estimate of drug-likeness (QED) is 0.676. The molecule has 1 aromatic heterocycles. The van der Waals surface area contributed by atoms with E-state index in [4.69, 9.17) is 5.26 Å². The van der Waals surface area contributed by atoms with E-state index in [1.807, 2.05) is 24.3 Å². The van der Waals surface area contributed by atoms with Gasteiger partial charge < -0.3 is 0 Å². The van der Waals surface area contributed by atoms with Crippen LogP contribution < -0.4 is 5.32 Å². The van der Waals surface area contributed by atoms with Crippen LogP contribution in [0.4, 0.5) is 5.95 Å². The maximum atomic E-state index is 8.47. The lowest BCUT2D eigenvalue weighted by molar-refractivity contribution is 1.17. The van der Waals surface area contributed by atoms with Gasteiger partial charge in [0, 0.05) is 16.2 Å². The number of benzene rings is 1. The molecule has 16 heavy (non-hydrogen) atoms. The van der Waals surface area contributed by atoms with Crippen molar-refractivity contribution >= 4 is 21.9 Å². The molecule has 0 saturated heterocycles. The lowest BCUT2D eigenvalue weighted by Gasteiger charge is -2.02. The zero-order valence-electron chi connectivity index (χ0n) is 8.18. The van der Waals surface area contributed by atoms with Gasteiger partial charge in [0.05, 0.1) is 5.69 Å². The van der Waals surface area contributed by atoms with Crippen LogP contribution in [0.25, 0.3) is 11.3 Å². The molecule has 78 valence electrons. The number of hydrogen-bond donors (Lipinski definition) is 1. The van der Waals surface area contributed by atoms with Gasteiger partial charge >= 0.3 is 0 Å². The molecule has 0 unspecified atom stereocenters. The smallest absolute Gasteiger partial charge is 0.236 e. The number of nitrogens with zero attached hydrogens (tertiary/aromatic N) is 3. The fraction of sp³-hybridized carbons (Fsp3) is 0. The van der Waals surface area contributed by atoms with E-state index in [0.29, 0.717) is 5.95 Å². The molecule has 1 heterocycles. The maximum Gasteiger partial charge on any atom is 0.236 e. The van der Waals surface area contributed by atoms with Crippen molar-refractivity contribution in [3.8, 4) is 17.5 Å². The number of hydrogen-bond acceptors (Lipinski definition) is 4. The Morgan fingerprint density at radius 2 is 1.94 bits per heavy atom. The van der Waals surface area contributed by atoms with E-state index in [9.17, 15) is 0 Å². The summed E-state index contributed by atoms with van der Waals surface area (Å²) in [5, 5.41) is 10.9. The summed E-state index contributed by atoms with van der Waals surface area (Å²) in [5.41, 5.74) is 1.76. The minimum Gasteiger partial charge on any atom is -0.261 e. The predicted molar refractivity (Wildman–Crippen MR) is 64.4 cm³/mol. The van der Waals surface area contributed by atoms with Crippen LogP contribution in [-0.4, -0.2) is 9.97 Å². The Morgan fingerprint density at radius 1 is 1.19 bits per heavy atom. The fourth-order valence-corrected chi connectivity index (χ4v) is 1.51. The standard InChI is InChI=1S/C11H7BrN4/c12-9-3-1-8(2-4-9)10-5-6-14-11(16-10)15-7-13/h1-6H,(H,14,15,16). The molecule has 0 aliphatic carbocycles. The van der Waals surface area contributed by atoms with Crippen molar-refractivity contribution in [3.63, 3.8) is 0 Å². The van der Waals surface area contributed by atoms with Gasteiger partial charge in [-0.3, -0.25) is 5.32 Å².